The zero-order valence-electron chi connectivity index (χ0n) is 11.0. The summed E-state index contributed by atoms with van der Waals surface area (Å²) in [7, 11) is 4.16. The van der Waals surface area contributed by atoms with Crippen LogP contribution in [0, 0.1) is 0 Å². The van der Waals surface area contributed by atoms with E-state index in [0.717, 1.165) is 29.1 Å². The molecule has 1 N–H and O–H groups in total. The van der Waals surface area contributed by atoms with Crippen LogP contribution in [0.15, 0.2) is 16.6 Å². The van der Waals surface area contributed by atoms with Crippen molar-refractivity contribution in [3.8, 4) is 11.5 Å². The Balaban J connectivity index is 1.96. The van der Waals surface area contributed by atoms with Gasteiger partial charge in [-0.1, -0.05) is 0 Å². The molecule has 0 aliphatic carbocycles. The highest BCUT2D eigenvalue weighted by Gasteiger charge is 2.17. The van der Waals surface area contributed by atoms with Crippen LogP contribution in [0.1, 0.15) is 12.5 Å². The van der Waals surface area contributed by atoms with Gasteiger partial charge in [-0.3, -0.25) is 0 Å². The molecule has 4 nitrogen and oxygen atoms in total. The zero-order chi connectivity index (χ0) is 13.1. The normalized spacial score (nSPS) is 15.2. The van der Waals surface area contributed by atoms with Crippen LogP contribution < -0.4 is 14.8 Å². The van der Waals surface area contributed by atoms with Crippen molar-refractivity contribution in [2.45, 2.75) is 19.5 Å². The molecule has 100 valence electrons. The second kappa shape index (κ2) is 5.91. The number of halogens is 1. The number of hydrogen-bond acceptors (Lipinski definition) is 4. The highest BCUT2D eigenvalue weighted by molar-refractivity contribution is 9.10. The Morgan fingerprint density at radius 3 is 2.89 bits per heavy atom. The monoisotopic (exact) mass is 314 g/mol. The Kier molecular flexibility index (Phi) is 4.48. The Morgan fingerprint density at radius 2 is 2.17 bits per heavy atom. The van der Waals surface area contributed by atoms with Crippen LogP contribution in [0.3, 0.4) is 0 Å². The maximum atomic E-state index is 5.40. The van der Waals surface area contributed by atoms with Gasteiger partial charge in [-0.2, -0.15) is 0 Å². The van der Waals surface area contributed by atoms with Gasteiger partial charge < -0.3 is 19.7 Å². The van der Waals surface area contributed by atoms with Gasteiger partial charge in [0.1, 0.15) is 0 Å². The minimum Gasteiger partial charge on any atom is -0.454 e. The minimum atomic E-state index is 0.307. The lowest BCUT2D eigenvalue weighted by atomic mass is 10.2. The average molecular weight is 315 g/mol. The van der Waals surface area contributed by atoms with Gasteiger partial charge in [0.15, 0.2) is 11.5 Å². The van der Waals surface area contributed by atoms with E-state index in [9.17, 15) is 0 Å². The first-order chi connectivity index (χ1) is 8.56. The van der Waals surface area contributed by atoms with Crippen molar-refractivity contribution in [1.82, 2.24) is 10.2 Å². The van der Waals surface area contributed by atoms with E-state index < -0.39 is 0 Å². The number of nitrogens with one attached hydrogen (secondary N) is 1. The van der Waals surface area contributed by atoms with Gasteiger partial charge in [0.2, 0.25) is 6.79 Å². The first kappa shape index (κ1) is 13.6. The van der Waals surface area contributed by atoms with Crippen LogP contribution >= 0.6 is 15.9 Å². The molecule has 1 aromatic carbocycles. The molecule has 1 aromatic rings. The number of fused-ring (bicyclic) bond motifs is 1. The fourth-order valence-electron chi connectivity index (χ4n) is 2.03. The fraction of sp³-hybridized carbons (Fsp3) is 0.538. The molecular formula is C13H19BrN2O2. The smallest absolute Gasteiger partial charge is 0.231 e. The van der Waals surface area contributed by atoms with Crippen LogP contribution in [-0.4, -0.2) is 38.4 Å². The molecule has 0 bridgehead atoms. The standard InChI is InChI=1S/C13H19BrN2O2/c1-9(7-16(2)3)15-6-10-4-11(14)13-12(5-10)17-8-18-13/h4-5,9,15H,6-8H2,1-3H3. The van der Waals surface area contributed by atoms with Gasteiger partial charge in [0.05, 0.1) is 4.47 Å². The van der Waals surface area contributed by atoms with E-state index in [1.54, 1.807) is 0 Å². The lowest BCUT2D eigenvalue weighted by molar-refractivity contribution is 0.173. The zero-order valence-corrected chi connectivity index (χ0v) is 12.6. The second-order valence-electron chi connectivity index (χ2n) is 4.86. The van der Waals surface area contributed by atoms with E-state index in [4.69, 9.17) is 9.47 Å². The van der Waals surface area contributed by atoms with Crippen molar-refractivity contribution in [3.05, 3.63) is 22.2 Å². The summed E-state index contributed by atoms with van der Waals surface area (Å²) in [5.41, 5.74) is 1.19. The van der Waals surface area contributed by atoms with Gasteiger partial charge in [-0.05, 0) is 54.6 Å². The van der Waals surface area contributed by atoms with E-state index in [-0.39, 0.29) is 0 Å². The Bertz CT molecular complexity index is 424. The van der Waals surface area contributed by atoms with Gasteiger partial charge in [-0.15, -0.1) is 0 Å². The summed E-state index contributed by atoms with van der Waals surface area (Å²) in [6, 6.07) is 4.55. The van der Waals surface area contributed by atoms with E-state index in [0.29, 0.717) is 12.8 Å². The third-order valence-electron chi connectivity index (χ3n) is 2.78. The number of rotatable bonds is 5. The van der Waals surface area contributed by atoms with Gasteiger partial charge in [0, 0.05) is 19.1 Å². The lowest BCUT2D eigenvalue weighted by Crippen LogP contribution is -2.35. The number of ether oxygens (including phenoxy) is 2. The summed E-state index contributed by atoms with van der Waals surface area (Å²) >= 11 is 3.50. The largest absolute Gasteiger partial charge is 0.454 e. The second-order valence-corrected chi connectivity index (χ2v) is 5.71. The number of benzene rings is 1. The Hall–Kier alpha value is -0.780. The molecule has 1 heterocycles. The molecule has 5 heteroatoms. The molecule has 2 rings (SSSR count). The average Bonchev–Trinajstić information content (AvgIpc) is 2.74. The molecule has 0 aromatic heterocycles. The Labute approximate surface area is 116 Å². The number of hydrogen-bond donors (Lipinski definition) is 1. The summed E-state index contributed by atoms with van der Waals surface area (Å²) < 4.78 is 11.7. The van der Waals surface area contributed by atoms with E-state index in [1.165, 1.54) is 5.56 Å². The minimum absolute atomic E-state index is 0.307. The molecule has 0 saturated heterocycles. The van der Waals surface area contributed by atoms with E-state index in [2.05, 4.69) is 53.2 Å². The molecule has 0 radical (unpaired) electrons. The van der Waals surface area contributed by atoms with Crippen LogP contribution in [0.2, 0.25) is 0 Å². The molecule has 1 atom stereocenters. The molecule has 0 fully saturated rings. The highest BCUT2D eigenvalue weighted by atomic mass is 79.9. The van der Waals surface area contributed by atoms with Crippen LogP contribution in [-0.2, 0) is 6.54 Å². The van der Waals surface area contributed by atoms with Crippen molar-refractivity contribution in [2.75, 3.05) is 27.4 Å². The molecule has 0 spiro atoms. The molecule has 1 unspecified atom stereocenters. The summed E-state index contributed by atoms with van der Waals surface area (Å²) in [5.74, 6) is 1.63. The molecular weight excluding hydrogens is 296 g/mol. The van der Waals surface area contributed by atoms with Crippen molar-refractivity contribution >= 4 is 15.9 Å². The predicted octanol–water partition coefficient (Wildman–Crippen LogP) is 2.22. The molecule has 1 aliphatic rings. The first-order valence-electron chi connectivity index (χ1n) is 6.02. The topological polar surface area (TPSA) is 33.7 Å². The number of nitrogens with zero attached hydrogens (tertiary/aromatic N) is 1. The molecule has 1 aliphatic heterocycles. The molecule has 0 saturated carbocycles. The van der Waals surface area contributed by atoms with Gasteiger partial charge >= 0.3 is 0 Å². The van der Waals surface area contributed by atoms with E-state index in [1.807, 2.05) is 6.07 Å². The first-order valence-corrected chi connectivity index (χ1v) is 6.81. The van der Waals surface area contributed by atoms with Crippen molar-refractivity contribution < 1.29 is 9.47 Å². The third-order valence-corrected chi connectivity index (χ3v) is 3.37. The summed E-state index contributed by atoms with van der Waals surface area (Å²) in [6.45, 7) is 4.33. The molecule has 0 amide bonds. The quantitative estimate of drug-likeness (QED) is 0.903. The maximum Gasteiger partial charge on any atom is 0.231 e. The summed E-state index contributed by atoms with van der Waals surface area (Å²) in [6.07, 6.45) is 0. The van der Waals surface area contributed by atoms with Crippen molar-refractivity contribution in [2.24, 2.45) is 0 Å². The fourth-order valence-corrected chi connectivity index (χ4v) is 2.63. The van der Waals surface area contributed by atoms with Crippen molar-refractivity contribution in [1.29, 1.82) is 0 Å². The highest BCUT2D eigenvalue weighted by Crippen LogP contribution is 2.39. The maximum absolute atomic E-state index is 5.40. The van der Waals surface area contributed by atoms with Crippen LogP contribution in [0.25, 0.3) is 0 Å². The van der Waals surface area contributed by atoms with Crippen molar-refractivity contribution in [3.63, 3.8) is 0 Å². The van der Waals surface area contributed by atoms with E-state index >= 15 is 0 Å². The summed E-state index contributed by atoms with van der Waals surface area (Å²) in [4.78, 5) is 2.17. The van der Waals surface area contributed by atoms with Crippen LogP contribution in [0.4, 0.5) is 0 Å². The molecule has 18 heavy (non-hydrogen) atoms. The predicted molar refractivity (Wildman–Crippen MR) is 75.1 cm³/mol. The summed E-state index contributed by atoms with van der Waals surface area (Å²) in [5, 5.41) is 3.49. The van der Waals surface area contributed by atoms with Crippen LogP contribution in [0.5, 0.6) is 11.5 Å². The Morgan fingerprint density at radius 1 is 1.39 bits per heavy atom. The lowest BCUT2D eigenvalue weighted by Gasteiger charge is -2.18. The number of likely N-dealkylation sites (N-methyl/N-ethyl adjacent to an activating group) is 1. The van der Waals surface area contributed by atoms with Gasteiger partial charge in [0.25, 0.3) is 0 Å². The third kappa shape index (κ3) is 3.37. The van der Waals surface area contributed by atoms with Gasteiger partial charge in [-0.25, -0.2) is 0 Å². The SMILES string of the molecule is CC(CN(C)C)NCc1cc(Br)c2c(c1)OCO2.